The van der Waals surface area contributed by atoms with Crippen LogP contribution >= 0.6 is 11.3 Å². The molecule has 0 N–H and O–H groups in total. The van der Waals surface area contributed by atoms with Crippen molar-refractivity contribution in [2.45, 2.75) is 47.0 Å². The molecule has 0 saturated carbocycles. The molecule has 1 heteroatoms. The van der Waals surface area contributed by atoms with Gasteiger partial charge in [-0.15, -0.1) is 11.3 Å². The molecule has 0 atom stereocenters. The van der Waals surface area contributed by atoms with Crippen molar-refractivity contribution in [3.8, 4) is 0 Å². The van der Waals surface area contributed by atoms with E-state index in [9.17, 15) is 0 Å². The molecule has 0 aliphatic heterocycles. The van der Waals surface area contributed by atoms with Crippen LogP contribution in [0.2, 0.25) is 0 Å². The molecule has 0 aromatic carbocycles. The predicted octanol–water partition coefficient (Wildman–Crippen LogP) is 5.37. The van der Waals surface area contributed by atoms with Crippen LogP contribution in [0.5, 0.6) is 0 Å². The van der Waals surface area contributed by atoms with Gasteiger partial charge in [0.1, 0.15) is 0 Å². The summed E-state index contributed by atoms with van der Waals surface area (Å²) < 4.78 is 0. The standard InChI is InChI=1S/C14H22S/c1-5-6-8-12(11-14(2,3)4)13-9-7-10-15-13/h7,9-11H,5-6,8H2,1-4H3/b12-11+. The van der Waals surface area contributed by atoms with Crippen molar-refractivity contribution < 1.29 is 0 Å². The Labute approximate surface area is 98.0 Å². The second-order valence-electron chi connectivity index (χ2n) is 5.12. The summed E-state index contributed by atoms with van der Waals surface area (Å²) in [5, 5.41) is 2.16. The monoisotopic (exact) mass is 222 g/mol. The average Bonchev–Trinajstić information content (AvgIpc) is 2.63. The summed E-state index contributed by atoms with van der Waals surface area (Å²) in [6, 6.07) is 4.38. The van der Waals surface area contributed by atoms with Crippen LogP contribution in [-0.4, -0.2) is 0 Å². The summed E-state index contributed by atoms with van der Waals surface area (Å²) in [6.45, 7) is 9.06. The molecule has 0 spiro atoms. The fourth-order valence-electron chi connectivity index (χ4n) is 1.62. The Morgan fingerprint density at radius 2 is 2.13 bits per heavy atom. The van der Waals surface area contributed by atoms with Gasteiger partial charge in [0.2, 0.25) is 0 Å². The Bertz CT molecular complexity index is 299. The molecular formula is C14H22S. The molecule has 1 aromatic rings. The fourth-order valence-corrected chi connectivity index (χ4v) is 2.39. The van der Waals surface area contributed by atoms with Crippen molar-refractivity contribution in [1.29, 1.82) is 0 Å². The molecule has 0 radical (unpaired) electrons. The fraction of sp³-hybridized carbons (Fsp3) is 0.571. The van der Waals surface area contributed by atoms with Gasteiger partial charge >= 0.3 is 0 Å². The maximum absolute atomic E-state index is 2.43. The van der Waals surface area contributed by atoms with Gasteiger partial charge in [0.15, 0.2) is 0 Å². The highest BCUT2D eigenvalue weighted by Gasteiger charge is 2.10. The van der Waals surface area contributed by atoms with Crippen LogP contribution in [0.4, 0.5) is 0 Å². The molecule has 0 fully saturated rings. The van der Waals surface area contributed by atoms with E-state index in [1.165, 1.54) is 29.7 Å². The first kappa shape index (κ1) is 12.5. The zero-order valence-electron chi connectivity index (χ0n) is 10.3. The highest BCUT2D eigenvalue weighted by Crippen LogP contribution is 2.30. The Morgan fingerprint density at radius 1 is 1.40 bits per heavy atom. The van der Waals surface area contributed by atoms with Crippen molar-refractivity contribution in [3.63, 3.8) is 0 Å². The third kappa shape index (κ3) is 4.65. The highest BCUT2D eigenvalue weighted by molar-refractivity contribution is 7.11. The number of allylic oxidation sites excluding steroid dienone is 2. The summed E-state index contributed by atoms with van der Waals surface area (Å²) >= 11 is 1.85. The lowest BCUT2D eigenvalue weighted by molar-refractivity contribution is 0.544. The smallest absolute Gasteiger partial charge is 0.0299 e. The van der Waals surface area contributed by atoms with E-state index < -0.39 is 0 Å². The van der Waals surface area contributed by atoms with E-state index in [1.807, 2.05) is 11.3 Å². The Hall–Kier alpha value is -0.560. The van der Waals surface area contributed by atoms with E-state index in [0.29, 0.717) is 0 Å². The topological polar surface area (TPSA) is 0 Å². The van der Waals surface area contributed by atoms with Crippen molar-refractivity contribution in [1.82, 2.24) is 0 Å². The van der Waals surface area contributed by atoms with Crippen molar-refractivity contribution in [2.75, 3.05) is 0 Å². The van der Waals surface area contributed by atoms with E-state index in [-0.39, 0.29) is 5.41 Å². The van der Waals surface area contributed by atoms with E-state index in [2.05, 4.69) is 51.3 Å². The minimum atomic E-state index is 0.285. The van der Waals surface area contributed by atoms with Gasteiger partial charge in [0, 0.05) is 4.88 Å². The average molecular weight is 222 g/mol. The van der Waals surface area contributed by atoms with Crippen LogP contribution in [-0.2, 0) is 0 Å². The Kier molecular flexibility index (Phi) is 4.59. The number of hydrogen-bond donors (Lipinski definition) is 0. The molecule has 1 aromatic heterocycles. The maximum Gasteiger partial charge on any atom is 0.0299 e. The van der Waals surface area contributed by atoms with Crippen LogP contribution in [0.25, 0.3) is 5.57 Å². The largest absolute Gasteiger partial charge is 0.144 e. The van der Waals surface area contributed by atoms with Gasteiger partial charge in [-0.25, -0.2) is 0 Å². The lowest BCUT2D eigenvalue weighted by Gasteiger charge is -2.15. The first-order valence-electron chi connectivity index (χ1n) is 5.78. The van der Waals surface area contributed by atoms with Gasteiger partial charge in [-0.1, -0.05) is 46.3 Å². The van der Waals surface area contributed by atoms with Crippen molar-refractivity contribution in [3.05, 3.63) is 28.5 Å². The Morgan fingerprint density at radius 3 is 2.60 bits per heavy atom. The third-order valence-electron chi connectivity index (χ3n) is 2.24. The molecule has 0 aliphatic carbocycles. The number of unbranched alkanes of at least 4 members (excludes halogenated alkanes) is 1. The normalized spacial score (nSPS) is 13.2. The molecule has 15 heavy (non-hydrogen) atoms. The Balaban J connectivity index is 2.84. The molecular weight excluding hydrogens is 200 g/mol. The quantitative estimate of drug-likeness (QED) is 0.642. The first-order valence-corrected chi connectivity index (χ1v) is 6.66. The molecule has 1 rings (SSSR count). The highest BCUT2D eigenvalue weighted by atomic mass is 32.1. The molecule has 84 valence electrons. The van der Waals surface area contributed by atoms with E-state index in [4.69, 9.17) is 0 Å². The third-order valence-corrected chi connectivity index (χ3v) is 3.19. The van der Waals surface area contributed by atoms with Gasteiger partial charge < -0.3 is 0 Å². The zero-order valence-corrected chi connectivity index (χ0v) is 11.2. The van der Waals surface area contributed by atoms with Gasteiger partial charge in [-0.2, -0.15) is 0 Å². The lowest BCUT2D eigenvalue weighted by Crippen LogP contribution is -2.01. The summed E-state index contributed by atoms with van der Waals surface area (Å²) in [4.78, 5) is 1.44. The van der Waals surface area contributed by atoms with Crippen LogP contribution in [0.15, 0.2) is 23.6 Å². The number of rotatable bonds is 4. The van der Waals surface area contributed by atoms with E-state index in [0.717, 1.165) is 0 Å². The molecule has 0 aliphatic rings. The molecule has 1 heterocycles. The van der Waals surface area contributed by atoms with Gasteiger partial charge in [-0.3, -0.25) is 0 Å². The minimum absolute atomic E-state index is 0.285. The molecule has 0 nitrogen and oxygen atoms in total. The number of hydrogen-bond acceptors (Lipinski definition) is 1. The summed E-state index contributed by atoms with van der Waals surface area (Å²) in [7, 11) is 0. The van der Waals surface area contributed by atoms with Crippen LogP contribution in [0, 0.1) is 5.41 Å². The first-order chi connectivity index (χ1) is 7.03. The predicted molar refractivity (Wildman–Crippen MR) is 71.3 cm³/mol. The van der Waals surface area contributed by atoms with E-state index in [1.54, 1.807) is 0 Å². The molecule has 0 saturated heterocycles. The molecule has 0 amide bonds. The van der Waals surface area contributed by atoms with Crippen molar-refractivity contribution in [2.24, 2.45) is 5.41 Å². The van der Waals surface area contributed by atoms with Gasteiger partial charge in [-0.05, 0) is 35.3 Å². The second kappa shape index (κ2) is 5.50. The SMILES string of the molecule is CCCC/C(=C\C(C)(C)C)c1cccs1. The van der Waals surface area contributed by atoms with E-state index >= 15 is 0 Å². The lowest BCUT2D eigenvalue weighted by atomic mass is 9.91. The van der Waals surface area contributed by atoms with Gasteiger partial charge in [0.25, 0.3) is 0 Å². The molecule has 0 unspecified atom stereocenters. The van der Waals surface area contributed by atoms with Crippen molar-refractivity contribution >= 4 is 16.9 Å². The number of thiophene rings is 1. The summed E-state index contributed by atoms with van der Waals surface area (Å²) in [5.41, 5.74) is 1.81. The van der Waals surface area contributed by atoms with Gasteiger partial charge in [0.05, 0.1) is 0 Å². The second-order valence-corrected chi connectivity index (χ2v) is 6.06. The zero-order chi connectivity index (χ0) is 11.3. The van der Waals surface area contributed by atoms with Crippen LogP contribution in [0.1, 0.15) is 51.8 Å². The minimum Gasteiger partial charge on any atom is -0.144 e. The van der Waals surface area contributed by atoms with Crippen LogP contribution < -0.4 is 0 Å². The maximum atomic E-state index is 2.43. The molecule has 0 bridgehead atoms. The summed E-state index contributed by atoms with van der Waals surface area (Å²) in [6.07, 6.45) is 6.20. The van der Waals surface area contributed by atoms with Crippen LogP contribution in [0.3, 0.4) is 0 Å². The summed E-state index contributed by atoms with van der Waals surface area (Å²) in [5.74, 6) is 0.